The molecule has 0 saturated carbocycles. The van der Waals surface area contributed by atoms with Crippen LogP contribution in [-0.2, 0) is 11.4 Å². The highest BCUT2D eigenvalue weighted by molar-refractivity contribution is 6.32. The second-order valence-electron chi connectivity index (χ2n) is 3.66. The standard InChI is InChI=1S/C12H14ClN3O/c1-9-14-5-6-16(9)12-4-3-10(7-11(12)13)8-15-17-2/h3-7,15H,8H2,1-2H3. The van der Waals surface area contributed by atoms with Crippen molar-refractivity contribution in [2.75, 3.05) is 7.11 Å². The smallest absolute Gasteiger partial charge is 0.110 e. The van der Waals surface area contributed by atoms with E-state index in [0.717, 1.165) is 17.1 Å². The number of hydrogen-bond donors (Lipinski definition) is 1. The highest BCUT2D eigenvalue weighted by Gasteiger charge is 2.06. The average molecular weight is 252 g/mol. The first kappa shape index (κ1) is 12.1. The molecule has 5 heteroatoms. The van der Waals surface area contributed by atoms with E-state index in [1.165, 1.54) is 0 Å². The molecule has 90 valence electrons. The van der Waals surface area contributed by atoms with Crippen LogP contribution in [0.25, 0.3) is 5.69 Å². The lowest BCUT2D eigenvalue weighted by Crippen LogP contribution is -2.10. The predicted molar refractivity (Wildman–Crippen MR) is 67.2 cm³/mol. The zero-order valence-electron chi connectivity index (χ0n) is 9.77. The van der Waals surface area contributed by atoms with E-state index in [2.05, 4.69) is 10.5 Å². The maximum absolute atomic E-state index is 6.25. The summed E-state index contributed by atoms with van der Waals surface area (Å²) in [6.45, 7) is 2.57. The Balaban J connectivity index is 2.29. The van der Waals surface area contributed by atoms with Crippen molar-refractivity contribution in [1.82, 2.24) is 15.0 Å². The average Bonchev–Trinajstić information content (AvgIpc) is 2.73. The van der Waals surface area contributed by atoms with Crippen molar-refractivity contribution in [1.29, 1.82) is 0 Å². The van der Waals surface area contributed by atoms with Gasteiger partial charge in [0.2, 0.25) is 0 Å². The molecule has 0 amide bonds. The van der Waals surface area contributed by atoms with Crippen molar-refractivity contribution in [3.05, 3.63) is 47.0 Å². The molecule has 4 nitrogen and oxygen atoms in total. The number of hydroxylamine groups is 1. The van der Waals surface area contributed by atoms with E-state index in [-0.39, 0.29) is 0 Å². The van der Waals surface area contributed by atoms with E-state index in [4.69, 9.17) is 16.4 Å². The molecule has 0 bridgehead atoms. The third kappa shape index (κ3) is 2.66. The molecule has 1 heterocycles. The minimum atomic E-state index is 0.624. The summed E-state index contributed by atoms with van der Waals surface area (Å²) in [4.78, 5) is 8.98. The summed E-state index contributed by atoms with van der Waals surface area (Å²) >= 11 is 6.25. The first-order valence-corrected chi connectivity index (χ1v) is 5.65. The summed E-state index contributed by atoms with van der Waals surface area (Å²) in [5, 5.41) is 0.696. The molecular weight excluding hydrogens is 238 g/mol. The van der Waals surface area contributed by atoms with Gasteiger partial charge in [-0.1, -0.05) is 17.7 Å². The fraction of sp³-hybridized carbons (Fsp3) is 0.250. The third-order valence-electron chi connectivity index (χ3n) is 2.52. The number of hydrogen-bond acceptors (Lipinski definition) is 3. The highest BCUT2D eigenvalue weighted by atomic mass is 35.5. The topological polar surface area (TPSA) is 39.1 Å². The summed E-state index contributed by atoms with van der Waals surface area (Å²) in [6.07, 6.45) is 3.65. The van der Waals surface area contributed by atoms with E-state index in [1.54, 1.807) is 13.3 Å². The van der Waals surface area contributed by atoms with Crippen LogP contribution in [0.3, 0.4) is 0 Å². The number of benzene rings is 1. The lowest BCUT2D eigenvalue weighted by molar-refractivity contribution is 0.0867. The van der Waals surface area contributed by atoms with Crippen molar-refractivity contribution >= 4 is 11.6 Å². The Morgan fingerprint density at radius 2 is 2.29 bits per heavy atom. The van der Waals surface area contributed by atoms with Crippen LogP contribution in [0.4, 0.5) is 0 Å². The van der Waals surface area contributed by atoms with E-state index in [9.17, 15) is 0 Å². The highest BCUT2D eigenvalue weighted by Crippen LogP contribution is 2.22. The minimum Gasteiger partial charge on any atom is -0.305 e. The Morgan fingerprint density at radius 3 is 2.88 bits per heavy atom. The molecule has 17 heavy (non-hydrogen) atoms. The summed E-state index contributed by atoms with van der Waals surface area (Å²) in [6, 6.07) is 5.90. The molecule has 0 aliphatic heterocycles. The molecule has 0 fully saturated rings. The summed E-state index contributed by atoms with van der Waals surface area (Å²) in [5.74, 6) is 0.912. The van der Waals surface area contributed by atoms with Crippen molar-refractivity contribution < 1.29 is 4.84 Å². The van der Waals surface area contributed by atoms with Gasteiger partial charge in [0.25, 0.3) is 0 Å². The number of rotatable bonds is 4. The van der Waals surface area contributed by atoms with Gasteiger partial charge in [-0.15, -0.1) is 0 Å². The number of imidazole rings is 1. The maximum atomic E-state index is 6.25. The third-order valence-corrected chi connectivity index (χ3v) is 2.82. The predicted octanol–water partition coefficient (Wildman–Crippen LogP) is 2.49. The Hall–Kier alpha value is -1.36. The normalized spacial score (nSPS) is 10.8. The van der Waals surface area contributed by atoms with Crippen molar-refractivity contribution in [3.63, 3.8) is 0 Å². The fourth-order valence-electron chi connectivity index (χ4n) is 1.64. The molecule has 2 aromatic rings. The molecule has 1 N–H and O–H groups in total. The van der Waals surface area contributed by atoms with Crippen LogP contribution >= 0.6 is 11.6 Å². The van der Waals surface area contributed by atoms with Gasteiger partial charge in [0.15, 0.2) is 0 Å². The van der Waals surface area contributed by atoms with Gasteiger partial charge in [0, 0.05) is 18.9 Å². The van der Waals surface area contributed by atoms with E-state index in [0.29, 0.717) is 11.6 Å². The van der Waals surface area contributed by atoms with Crippen LogP contribution in [0.5, 0.6) is 0 Å². The lowest BCUT2D eigenvalue weighted by Gasteiger charge is -2.09. The van der Waals surface area contributed by atoms with Gasteiger partial charge in [-0.2, -0.15) is 5.48 Å². The number of nitrogens with zero attached hydrogens (tertiary/aromatic N) is 2. The quantitative estimate of drug-likeness (QED) is 0.849. The summed E-state index contributed by atoms with van der Waals surface area (Å²) in [7, 11) is 1.59. The Kier molecular flexibility index (Phi) is 3.78. The number of nitrogens with one attached hydrogen (secondary N) is 1. The molecular formula is C12H14ClN3O. The van der Waals surface area contributed by atoms with Crippen LogP contribution in [0.2, 0.25) is 5.02 Å². The number of halogens is 1. The monoisotopic (exact) mass is 251 g/mol. The molecule has 0 unspecified atom stereocenters. The molecule has 0 radical (unpaired) electrons. The van der Waals surface area contributed by atoms with Gasteiger partial charge in [-0.05, 0) is 24.6 Å². The van der Waals surface area contributed by atoms with Crippen LogP contribution < -0.4 is 5.48 Å². The van der Waals surface area contributed by atoms with Crippen LogP contribution in [0, 0.1) is 6.92 Å². The molecule has 0 spiro atoms. The second-order valence-corrected chi connectivity index (χ2v) is 4.06. The Bertz CT molecular complexity index is 510. The van der Waals surface area contributed by atoms with Gasteiger partial charge < -0.3 is 9.40 Å². The largest absolute Gasteiger partial charge is 0.305 e. The zero-order valence-corrected chi connectivity index (χ0v) is 10.5. The molecule has 2 rings (SSSR count). The van der Waals surface area contributed by atoms with Crippen LogP contribution in [0.1, 0.15) is 11.4 Å². The summed E-state index contributed by atoms with van der Waals surface area (Å²) in [5.41, 5.74) is 4.78. The first-order chi connectivity index (χ1) is 8.22. The van der Waals surface area contributed by atoms with Gasteiger partial charge >= 0.3 is 0 Å². The minimum absolute atomic E-state index is 0.624. The van der Waals surface area contributed by atoms with Gasteiger partial charge in [-0.3, -0.25) is 0 Å². The van der Waals surface area contributed by atoms with Gasteiger partial charge in [0.05, 0.1) is 17.8 Å². The van der Waals surface area contributed by atoms with E-state index >= 15 is 0 Å². The molecule has 1 aromatic carbocycles. The van der Waals surface area contributed by atoms with E-state index < -0.39 is 0 Å². The number of aromatic nitrogens is 2. The fourth-order valence-corrected chi connectivity index (χ4v) is 1.94. The zero-order chi connectivity index (χ0) is 12.3. The van der Waals surface area contributed by atoms with Crippen LogP contribution in [0.15, 0.2) is 30.6 Å². The first-order valence-electron chi connectivity index (χ1n) is 5.27. The van der Waals surface area contributed by atoms with Crippen molar-refractivity contribution in [2.45, 2.75) is 13.5 Å². The summed E-state index contributed by atoms with van der Waals surface area (Å²) < 4.78 is 1.95. The molecule has 0 aliphatic carbocycles. The Morgan fingerprint density at radius 1 is 1.47 bits per heavy atom. The second kappa shape index (κ2) is 5.31. The van der Waals surface area contributed by atoms with Crippen LogP contribution in [-0.4, -0.2) is 16.7 Å². The molecule has 0 saturated heterocycles. The van der Waals surface area contributed by atoms with Gasteiger partial charge in [0.1, 0.15) is 5.82 Å². The molecule has 1 aromatic heterocycles. The Labute approximate surface area is 105 Å². The van der Waals surface area contributed by atoms with Gasteiger partial charge in [-0.25, -0.2) is 4.98 Å². The van der Waals surface area contributed by atoms with Crippen molar-refractivity contribution in [3.8, 4) is 5.69 Å². The lowest BCUT2D eigenvalue weighted by atomic mass is 10.2. The SMILES string of the molecule is CONCc1ccc(-n2ccnc2C)c(Cl)c1. The number of aryl methyl sites for hydroxylation is 1. The van der Waals surface area contributed by atoms with Crippen molar-refractivity contribution in [2.24, 2.45) is 0 Å². The maximum Gasteiger partial charge on any atom is 0.110 e. The van der Waals surface area contributed by atoms with E-state index in [1.807, 2.05) is 35.9 Å². The molecule has 0 aliphatic rings. The molecule has 0 atom stereocenters.